The van der Waals surface area contributed by atoms with E-state index in [9.17, 15) is 0 Å². The zero-order valence-electron chi connectivity index (χ0n) is 11.4. The number of fused-ring (bicyclic) bond motifs is 1. The van der Waals surface area contributed by atoms with Crippen molar-refractivity contribution in [3.8, 4) is 11.5 Å². The van der Waals surface area contributed by atoms with Crippen LogP contribution in [0.1, 0.15) is 38.3 Å². The van der Waals surface area contributed by atoms with Crippen LogP contribution in [0, 0.1) is 0 Å². The van der Waals surface area contributed by atoms with Gasteiger partial charge in [0.25, 0.3) is 0 Å². The van der Waals surface area contributed by atoms with Gasteiger partial charge < -0.3 is 14.8 Å². The van der Waals surface area contributed by atoms with Crippen LogP contribution >= 0.6 is 31.9 Å². The van der Waals surface area contributed by atoms with E-state index >= 15 is 0 Å². The first-order chi connectivity index (χ1) is 9.13. The summed E-state index contributed by atoms with van der Waals surface area (Å²) in [4.78, 5) is 0. The number of halogens is 2. The van der Waals surface area contributed by atoms with E-state index in [0.717, 1.165) is 45.4 Å². The fraction of sp³-hybridized carbons (Fsp3) is 0.571. The van der Waals surface area contributed by atoms with E-state index in [-0.39, 0.29) is 12.1 Å². The van der Waals surface area contributed by atoms with Crippen LogP contribution in [-0.2, 0) is 0 Å². The molecule has 106 valence electrons. The predicted molar refractivity (Wildman–Crippen MR) is 84.1 cm³/mol. The molecule has 0 aliphatic carbocycles. The summed E-state index contributed by atoms with van der Waals surface area (Å²) in [6.45, 7) is 5.29. The van der Waals surface area contributed by atoms with Crippen molar-refractivity contribution in [2.45, 2.75) is 38.8 Å². The molecule has 2 unspecified atom stereocenters. The van der Waals surface area contributed by atoms with Crippen molar-refractivity contribution >= 4 is 31.9 Å². The third-order valence-corrected chi connectivity index (χ3v) is 4.77. The Labute approximate surface area is 131 Å². The lowest BCUT2D eigenvalue weighted by atomic mass is 10.0. The predicted octanol–water partition coefficient (Wildman–Crippen LogP) is 4.43. The first-order valence-corrected chi connectivity index (χ1v) is 8.18. The van der Waals surface area contributed by atoms with Crippen LogP contribution in [0.3, 0.4) is 0 Å². The Morgan fingerprint density at radius 3 is 2.68 bits per heavy atom. The van der Waals surface area contributed by atoms with Gasteiger partial charge in [-0.25, -0.2) is 0 Å². The molecule has 0 saturated heterocycles. The minimum Gasteiger partial charge on any atom is -0.496 e. The average Bonchev–Trinajstić information content (AvgIpc) is 2.79. The lowest BCUT2D eigenvalue weighted by molar-refractivity contribution is 0.184. The van der Waals surface area contributed by atoms with Crippen molar-refractivity contribution in [3.63, 3.8) is 0 Å². The fourth-order valence-corrected chi connectivity index (χ4v) is 3.63. The summed E-state index contributed by atoms with van der Waals surface area (Å²) < 4.78 is 13.4. The molecule has 2 atom stereocenters. The fourth-order valence-electron chi connectivity index (χ4n) is 2.41. The van der Waals surface area contributed by atoms with Gasteiger partial charge in [0.1, 0.15) is 17.6 Å². The lowest BCUT2D eigenvalue weighted by Gasteiger charge is -2.19. The molecule has 1 N–H and O–H groups in total. The zero-order chi connectivity index (χ0) is 14.0. The third kappa shape index (κ3) is 2.78. The first kappa shape index (κ1) is 15.1. The van der Waals surface area contributed by atoms with E-state index in [0.29, 0.717) is 0 Å². The highest BCUT2D eigenvalue weighted by Crippen LogP contribution is 2.50. The number of methoxy groups -OCH3 is 1. The second-order valence-corrected chi connectivity index (χ2v) is 6.26. The largest absolute Gasteiger partial charge is 0.496 e. The van der Waals surface area contributed by atoms with Gasteiger partial charge in [-0.1, -0.05) is 13.8 Å². The molecule has 0 aromatic heterocycles. The summed E-state index contributed by atoms with van der Waals surface area (Å²) >= 11 is 7.22. The topological polar surface area (TPSA) is 30.5 Å². The molecule has 5 heteroatoms. The lowest BCUT2D eigenvalue weighted by Crippen LogP contribution is -2.31. The number of nitrogens with one attached hydrogen (secondary N) is 1. The third-order valence-electron chi connectivity index (χ3n) is 3.36. The monoisotopic (exact) mass is 391 g/mol. The summed E-state index contributed by atoms with van der Waals surface area (Å²) in [6.07, 6.45) is 2.24. The number of hydrogen-bond acceptors (Lipinski definition) is 3. The van der Waals surface area contributed by atoms with Gasteiger partial charge in [0.05, 0.1) is 22.1 Å². The van der Waals surface area contributed by atoms with Crippen LogP contribution in [0.2, 0.25) is 0 Å². The van der Waals surface area contributed by atoms with E-state index < -0.39 is 0 Å². The molecule has 0 saturated carbocycles. The quantitative estimate of drug-likeness (QED) is 0.803. The van der Waals surface area contributed by atoms with E-state index in [1.54, 1.807) is 7.11 Å². The molecular formula is C14H19Br2NO2. The van der Waals surface area contributed by atoms with Crippen molar-refractivity contribution in [2.24, 2.45) is 0 Å². The molecule has 19 heavy (non-hydrogen) atoms. The molecular weight excluding hydrogens is 374 g/mol. The van der Waals surface area contributed by atoms with E-state index in [1.807, 2.05) is 6.07 Å². The van der Waals surface area contributed by atoms with Crippen LogP contribution in [0.25, 0.3) is 0 Å². The minimum absolute atomic E-state index is 0.168. The normalized spacial score (nSPS) is 21.1. The van der Waals surface area contributed by atoms with E-state index in [1.165, 1.54) is 0 Å². The van der Waals surface area contributed by atoms with Crippen LogP contribution in [-0.4, -0.2) is 19.8 Å². The number of ether oxygens (including phenoxy) is 2. The SMILES string of the molecule is CCCNC1c2c(Br)c(OC)cc(Br)c2OC1CC. The molecule has 1 aromatic rings. The molecule has 0 spiro atoms. The number of rotatable bonds is 5. The Balaban J connectivity index is 2.45. The molecule has 0 amide bonds. The summed E-state index contributed by atoms with van der Waals surface area (Å²) in [7, 11) is 1.68. The molecule has 0 fully saturated rings. The van der Waals surface area contributed by atoms with Gasteiger partial charge in [-0.2, -0.15) is 0 Å². The molecule has 0 bridgehead atoms. The molecule has 1 heterocycles. The Morgan fingerprint density at radius 2 is 2.11 bits per heavy atom. The second kappa shape index (κ2) is 6.46. The maximum absolute atomic E-state index is 6.08. The number of hydrogen-bond donors (Lipinski definition) is 1. The van der Waals surface area contributed by atoms with Gasteiger partial charge in [-0.05, 0) is 57.3 Å². The average molecular weight is 393 g/mol. The smallest absolute Gasteiger partial charge is 0.140 e. The molecule has 1 aliphatic rings. The minimum atomic E-state index is 0.168. The Morgan fingerprint density at radius 1 is 1.37 bits per heavy atom. The molecule has 2 rings (SSSR count). The standard InChI is InChI=1S/C14H19Br2NO2/c1-4-6-17-13-9(5-2)19-14-8(15)7-10(18-3)12(16)11(13)14/h7,9,13,17H,4-6H2,1-3H3. The molecule has 0 radical (unpaired) electrons. The van der Waals surface area contributed by atoms with Crippen molar-refractivity contribution in [1.29, 1.82) is 0 Å². The maximum atomic E-state index is 6.08. The van der Waals surface area contributed by atoms with E-state index in [2.05, 4.69) is 51.0 Å². The molecule has 1 aliphatic heterocycles. The highest BCUT2D eigenvalue weighted by Gasteiger charge is 2.37. The Hall–Kier alpha value is -0.260. The second-order valence-electron chi connectivity index (χ2n) is 4.61. The van der Waals surface area contributed by atoms with Crippen molar-refractivity contribution < 1.29 is 9.47 Å². The van der Waals surface area contributed by atoms with Gasteiger partial charge in [-0.3, -0.25) is 0 Å². The van der Waals surface area contributed by atoms with E-state index in [4.69, 9.17) is 9.47 Å². The van der Waals surface area contributed by atoms with Crippen LogP contribution in [0.4, 0.5) is 0 Å². The van der Waals surface area contributed by atoms with Gasteiger partial charge in [-0.15, -0.1) is 0 Å². The van der Waals surface area contributed by atoms with Crippen LogP contribution < -0.4 is 14.8 Å². The molecule has 1 aromatic carbocycles. The van der Waals surface area contributed by atoms with Gasteiger partial charge in [0.15, 0.2) is 0 Å². The maximum Gasteiger partial charge on any atom is 0.140 e. The van der Waals surface area contributed by atoms with Crippen molar-refractivity contribution in [1.82, 2.24) is 5.32 Å². The highest BCUT2D eigenvalue weighted by molar-refractivity contribution is 9.11. The molecule has 3 nitrogen and oxygen atoms in total. The summed E-state index contributed by atoms with van der Waals surface area (Å²) in [5.41, 5.74) is 1.16. The van der Waals surface area contributed by atoms with Gasteiger partial charge in [0, 0.05) is 5.56 Å². The zero-order valence-corrected chi connectivity index (χ0v) is 14.6. The number of benzene rings is 1. The van der Waals surface area contributed by atoms with Crippen LogP contribution in [0.5, 0.6) is 11.5 Å². The summed E-state index contributed by atoms with van der Waals surface area (Å²) in [5.74, 6) is 1.75. The Bertz CT molecular complexity index is 465. The van der Waals surface area contributed by atoms with Crippen molar-refractivity contribution in [3.05, 3.63) is 20.6 Å². The van der Waals surface area contributed by atoms with Crippen LogP contribution in [0.15, 0.2) is 15.0 Å². The van der Waals surface area contributed by atoms with Gasteiger partial charge in [0.2, 0.25) is 0 Å². The van der Waals surface area contributed by atoms with Crippen molar-refractivity contribution in [2.75, 3.05) is 13.7 Å². The first-order valence-electron chi connectivity index (χ1n) is 6.59. The summed E-state index contributed by atoms with van der Waals surface area (Å²) in [5, 5.41) is 3.58. The Kier molecular flexibility index (Phi) is 5.15. The van der Waals surface area contributed by atoms with Gasteiger partial charge >= 0.3 is 0 Å². The highest BCUT2D eigenvalue weighted by atomic mass is 79.9. The summed E-state index contributed by atoms with van der Waals surface area (Å²) in [6, 6.07) is 2.15.